The highest BCUT2D eigenvalue weighted by Gasteiger charge is 2.27. The second-order valence-corrected chi connectivity index (χ2v) is 6.36. The van der Waals surface area contributed by atoms with Crippen LogP contribution in [0.15, 0.2) is 47.2 Å². The number of piperidine rings is 1. The lowest BCUT2D eigenvalue weighted by Gasteiger charge is -2.34. The predicted molar refractivity (Wildman–Crippen MR) is 89.0 cm³/mol. The molecule has 24 heavy (non-hydrogen) atoms. The number of hydrogen-bond donors (Lipinski definition) is 1. The number of nitrogens with zero attached hydrogens (tertiary/aromatic N) is 4. The van der Waals surface area contributed by atoms with Crippen molar-refractivity contribution < 1.29 is 9.74 Å². The SMILES string of the molecule is O[C@@H](c1ccccn1)C1CCN(Cc2cccc3nonc23)CC1. The lowest BCUT2D eigenvalue weighted by Crippen LogP contribution is -2.35. The minimum Gasteiger partial charge on any atom is -0.387 e. The Morgan fingerprint density at radius 3 is 2.79 bits per heavy atom. The fourth-order valence-electron chi connectivity index (χ4n) is 3.45. The normalized spacial score (nSPS) is 18.0. The van der Waals surface area contributed by atoms with Crippen LogP contribution in [0.2, 0.25) is 0 Å². The lowest BCUT2D eigenvalue weighted by atomic mass is 9.89. The fraction of sp³-hybridized carbons (Fsp3) is 0.389. The van der Waals surface area contributed by atoms with Crippen LogP contribution in [-0.4, -0.2) is 38.4 Å². The van der Waals surface area contributed by atoms with Gasteiger partial charge in [-0.2, -0.15) is 0 Å². The third-order valence-corrected chi connectivity index (χ3v) is 4.83. The maximum atomic E-state index is 10.5. The summed E-state index contributed by atoms with van der Waals surface area (Å²) in [4.78, 5) is 6.67. The van der Waals surface area contributed by atoms with Gasteiger partial charge in [0.05, 0.1) is 11.8 Å². The summed E-state index contributed by atoms with van der Waals surface area (Å²) in [5, 5.41) is 18.4. The van der Waals surface area contributed by atoms with Crippen molar-refractivity contribution in [3.05, 3.63) is 53.9 Å². The largest absolute Gasteiger partial charge is 0.387 e. The van der Waals surface area contributed by atoms with Crippen molar-refractivity contribution in [3.8, 4) is 0 Å². The molecule has 1 fully saturated rings. The van der Waals surface area contributed by atoms with Crippen molar-refractivity contribution in [2.45, 2.75) is 25.5 Å². The molecule has 4 rings (SSSR count). The highest BCUT2D eigenvalue weighted by atomic mass is 16.6. The molecule has 3 heterocycles. The lowest BCUT2D eigenvalue weighted by molar-refractivity contribution is 0.0541. The van der Waals surface area contributed by atoms with E-state index in [1.807, 2.05) is 30.3 Å². The second kappa shape index (κ2) is 6.67. The minimum absolute atomic E-state index is 0.264. The first kappa shape index (κ1) is 15.2. The first-order chi connectivity index (χ1) is 11.8. The van der Waals surface area contributed by atoms with Gasteiger partial charge in [-0.1, -0.05) is 18.2 Å². The van der Waals surface area contributed by atoms with Gasteiger partial charge in [0.15, 0.2) is 0 Å². The minimum atomic E-state index is -0.475. The van der Waals surface area contributed by atoms with Crippen LogP contribution in [0.25, 0.3) is 11.0 Å². The number of pyridine rings is 1. The molecule has 124 valence electrons. The molecule has 1 aliphatic heterocycles. The van der Waals surface area contributed by atoms with Crippen molar-refractivity contribution >= 4 is 11.0 Å². The Hall–Kier alpha value is -2.31. The predicted octanol–water partition coefficient (Wildman–Crippen LogP) is 2.56. The molecule has 1 atom stereocenters. The van der Waals surface area contributed by atoms with Crippen LogP contribution in [0, 0.1) is 5.92 Å². The summed E-state index contributed by atoms with van der Waals surface area (Å²) in [5.74, 6) is 0.264. The molecule has 1 aliphatic rings. The topological polar surface area (TPSA) is 75.3 Å². The van der Waals surface area contributed by atoms with E-state index in [1.54, 1.807) is 6.20 Å². The molecule has 6 heteroatoms. The number of benzene rings is 1. The summed E-state index contributed by atoms with van der Waals surface area (Å²) in [6.45, 7) is 2.74. The maximum absolute atomic E-state index is 10.5. The molecule has 0 spiro atoms. The van der Waals surface area contributed by atoms with Crippen LogP contribution in [0.4, 0.5) is 0 Å². The standard InChI is InChI=1S/C18H20N4O2/c23-18(16-5-1-2-9-19-16)13-7-10-22(11-8-13)12-14-4-3-6-15-17(14)21-24-20-15/h1-6,9,13,18,23H,7-8,10-12H2/t18-/m1/s1. The molecule has 0 saturated carbocycles. The Morgan fingerprint density at radius 1 is 1.12 bits per heavy atom. The highest BCUT2D eigenvalue weighted by molar-refractivity contribution is 5.76. The molecule has 2 aromatic heterocycles. The molecule has 1 aromatic carbocycles. The number of likely N-dealkylation sites (tertiary alicyclic amines) is 1. The summed E-state index contributed by atoms with van der Waals surface area (Å²) in [7, 11) is 0. The van der Waals surface area contributed by atoms with Crippen LogP contribution >= 0.6 is 0 Å². The van der Waals surface area contributed by atoms with E-state index < -0.39 is 6.10 Å². The van der Waals surface area contributed by atoms with Crippen molar-refractivity contribution in [1.29, 1.82) is 0 Å². The molecule has 1 N–H and O–H groups in total. The van der Waals surface area contributed by atoms with E-state index >= 15 is 0 Å². The number of aliphatic hydroxyl groups excluding tert-OH is 1. The Kier molecular flexibility index (Phi) is 4.23. The molecule has 0 unspecified atom stereocenters. The highest BCUT2D eigenvalue weighted by Crippen LogP contribution is 2.30. The zero-order valence-corrected chi connectivity index (χ0v) is 13.4. The molecule has 0 aliphatic carbocycles. The molecule has 0 radical (unpaired) electrons. The van der Waals surface area contributed by atoms with Gasteiger partial charge in [0.1, 0.15) is 11.0 Å². The Morgan fingerprint density at radius 2 is 2.00 bits per heavy atom. The number of aliphatic hydroxyl groups is 1. The Balaban J connectivity index is 1.39. The summed E-state index contributed by atoms with van der Waals surface area (Å²) >= 11 is 0. The fourth-order valence-corrected chi connectivity index (χ4v) is 3.45. The molecule has 0 bridgehead atoms. The Labute approximate surface area is 140 Å². The van der Waals surface area contributed by atoms with Crippen LogP contribution in [-0.2, 0) is 6.54 Å². The van der Waals surface area contributed by atoms with Gasteiger partial charge in [-0.25, -0.2) is 4.63 Å². The van der Waals surface area contributed by atoms with Crippen LogP contribution in [0.3, 0.4) is 0 Å². The van der Waals surface area contributed by atoms with E-state index in [4.69, 9.17) is 4.63 Å². The zero-order chi connectivity index (χ0) is 16.4. The molecule has 3 aromatic rings. The number of aromatic nitrogens is 3. The van der Waals surface area contributed by atoms with Gasteiger partial charge in [0.25, 0.3) is 0 Å². The van der Waals surface area contributed by atoms with Crippen LogP contribution < -0.4 is 0 Å². The van der Waals surface area contributed by atoms with Crippen LogP contribution in [0.5, 0.6) is 0 Å². The second-order valence-electron chi connectivity index (χ2n) is 6.36. The summed E-state index contributed by atoms with van der Waals surface area (Å²) < 4.78 is 4.83. The summed E-state index contributed by atoms with van der Waals surface area (Å²) in [6.07, 6.45) is 3.19. The number of fused-ring (bicyclic) bond motifs is 1. The molecule has 1 saturated heterocycles. The average molecular weight is 324 g/mol. The summed E-state index contributed by atoms with van der Waals surface area (Å²) in [5.41, 5.74) is 3.55. The smallest absolute Gasteiger partial charge is 0.139 e. The summed E-state index contributed by atoms with van der Waals surface area (Å²) in [6, 6.07) is 11.7. The molecular formula is C18H20N4O2. The number of hydrogen-bond acceptors (Lipinski definition) is 6. The molecule has 6 nitrogen and oxygen atoms in total. The maximum Gasteiger partial charge on any atom is 0.139 e. The van der Waals surface area contributed by atoms with E-state index in [0.717, 1.165) is 54.8 Å². The van der Waals surface area contributed by atoms with Crippen LogP contribution in [0.1, 0.15) is 30.2 Å². The zero-order valence-electron chi connectivity index (χ0n) is 13.4. The van der Waals surface area contributed by atoms with Crippen molar-refractivity contribution in [2.75, 3.05) is 13.1 Å². The van der Waals surface area contributed by atoms with Crippen molar-refractivity contribution in [2.24, 2.45) is 5.92 Å². The Bertz CT molecular complexity index is 797. The van der Waals surface area contributed by atoms with Crippen molar-refractivity contribution in [3.63, 3.8) is 0 Å². The van der Waals surface area contributed by atoms with Gasteiger partial charge in [-0.05, 0) is 65.9 Å². The average Bonchev–Trinajstić information content (AvgIpc) is 3.12. The molecular weight excluding hydrogens is 304 g/mol. The third kappa shape index (κ3) is 3.02. The van der Waals surface area contributed by atoms with Gasteiger partial charge in [-0.15, -0.1) is 0 Å². The van der Waals surface area contributed by atoms with E-state index in [-0.39, 0.29) is 5.92 Å². The van der Waals surface area contributed by atoms with E-state index in [0.29, 0.717) is 0 Å². The van der Waals surface area contributed by atoms with E-state index in [2.05, 4.69) is 26.3 Å². The van der Waals surface area contributed by atoms with Gasteiger partial charge < -0.3 is 5.11 Å². The third-order valence-electron chi connectivity index (χ3n) is 4.83. The van der Waals surface area contributed by atoms with Gasteiger partial charge in [0, 0.05) is 12.7 Å². The van der Waals surface area contributed by atoms with E-state index in [9.17, 15) is 5.11 Å². The van der Waals surface area contributed by atoms with E-state index in [1.165, 1.54) is 0 Å². The van der Waals surface area contributed by atoms with Gasteiger partial charge in [-0.3, -0.25) is 9.88 Å². The van der Waals surface area contributed by atoms with Crippen molar-refractivity contribution in [1.82, 2.24) is 20.2 Å². The first-order valence-electron chi connectivity index (χ1n) is 8.33. The van der Waals surface area contributed by atoms with Gasteiger partial charge in [0.2, 0.25) is 0 Å². The monoisotopic (exact) mass is 324 g/mol. The quantitative estimate of drug-likeness (QED) is 0.795. The number of rotatable bonds is 4. The van der Waals surface area contributed by atoms with Gasteiger partial charge >= 0.3 is 0 Å². The molecule has 0 amide bonds. The first-order valence-corrected chi connectivity index (χ1v) is 8.33.